The van der Waals surface area contributed by atoms with Crippen molar-refractivity contribution in [3.63, 3.8) is 0 Å². The molecular weight excluding hydrogens is 455 g/mol. The molecule has 1 aromatic carbocycles. The van der Waals surface area contributed by atoms with Gasteiger partial charge in [-0.05, 0) is 30.0 Å². The molecule has 0 radical (unpaired) electrons. The zero-order valence-corrected chi connectivity index (χ0v) is 17.3. The highest BCUT2D eigenvalue weighted by Crippen LogP contribution is 2.39. The molecule has 0 amide bonds. The highest BCUT2D eigenvalue weighted by atomic mass is 35.6. The Morgan fingerprint density at radius 3 is 1.96 bits per heavy atom. The van der Waals surface area contributed by atoms with Crippen molar-refractivity contribution < 1.29 is 0 Å². The number of thioether (sulfide) groups is 1. The minimum atomic E-state index is -1.87. The number of hydrogen-bond acceptors (Lipinski definition) is 4. The van der Waals surface area contributed by atoms with Crippen LogP contribution >= 0.6 is 81.4 Å². The average Bonchev–Trinajstić information content (AvgIpc) is 2.51. The summed E-state index contributed by atoms with van der Waals surface area (Å²) in [5, 5.41) is 0. The van der Waals surface area contributed by atoms with Crippen molar-refractivity contribution in [2.24, 2.45) is 0 Å². The third kappa shape index (κ3) is 5.80. The zero-order chi connectivity index (χ0) is 18.0. The third-order valence-corrected chi connectivity index (χ3v) is 4.42. The normalized spacial score (nSPS) is 12.8. The lowest BCUT2D eigenvalue weighted by molar-refractivity contribution is 0.835. The number of nitrogens with zero attached hydrogens (tertiary/aromatic N) is 3. The summed E-state index contributed by atoms with van der Waals surface area (Å²) in [4.78, 5) is 13.2. The molecule has 1 heterocycles. The highest BCUT2D eigenvalue weighted by Gasteiger charge is 2.33. The fourth-order valence-electron chi connectivity index (χ4n) is 1.64. The van der Waals surface area contributed by atoms with E-state index in [2.05, 4.69) is 15.0 Å². The average molecular weight is 464 g/mol. The lowest BCUT2D eigenvalue weighted by Crippen LogP contribution is -2.16. The van der Waals surface area contributed by atoms with Crippen LogP contribution in [0.15, 0.2) is 29.2 Å². The van der Waals surface area contributed by atoms with Crippen LogP contribution in [0.4, 0.5) is 0 Å². The Labute approximate surface area is 173 Å². The third-order valence-electron chi connectivity index (χ3n) is 2.68. The summed E-state index contributed by atoms with van der Waals surface area (Å²) < 4.78 is -3.73. The van der Waals surface area contributed by atoms with Gasteiger partial charge in [0.1, 0.15) is 0 Å². The first-order chi connectivity index (χ1) is 11.1. The Morgan fingerprint density at radius 2 is 1.46 bits per heavy atom. The summed E-state index contributed by atoms with van der Waals surface area (Å²) in [6.07, 6.45) is 5.43. The minimum absolute atomic E-state index is 0.124. The van der Waals surface area contributed by atoms with Crippen LogP contribution < -0.4 is 0 Å². The first-order valence-corrected chi connectivity index (χ1v) is 9.81. The van der Waals surface area contributed by atoms with Crippen LogP contribution in [0, 0.1) is 0 Å². The van der Waals surface area contributed by atoms with Gasteiger partial charge in [0.25, 0.3) is 0 Å². The lowest BCUT2D eigenvalue weighted by atomic mass is 10.2. The SMILES string of the molecule is CSc1cccc(C=Cc2nc(C(Cl)(Cl)Cl)nc(C(Cl)(Cl)Cl)n2)c1. The van der Waals surface area contributed by atoms with Crippen LogP contribution in [-0.2, 0) is 7.59 Å². The molecule has 0 aliphatic carbocycles. The summed E-state index contributed by atoms with van der Waals surface area (Å²) in [7, 11) is 0. The van der Waals surface area contributed by atoms with Crippen molar-refractivity contribution in [2.45, 2.75) is 12.5 Å². The van der Waals surface area contributed by atoms with Crippen LogP contribution in [-0.4, -0.2) is 21.2 Å². The van der Waals surface area contributed by atoms with Gasteiger partial charge < -0.3 is 0 Å². The van der Waals surface area contributed by atoms with E-state index < -0.39 is 7.59 Å². The molecule has 0 bridgehead atoms. The van der Waals surface area contributed by atoms with Crippen molar-refractivity contribution >= 4 is 93.5 Å². The maximum atomic E-state index is 5.83. The maximum Gasteiger partial charge on any atom is 0.250 e. The number of aromatic nitrogens is 3. The van der Waals surface area contributed by atoms with E-state index in [1.807, 2.05) is 30.5 Å². The van der Waals surface area contributed by atoms with Gasteiger partial charge in [0.2, 0.25) is 7.59 Å². The fourth-order valence-corrected chi connectivity index (χ4v) is 2.61. The molecule has 0 fully saturated rings. The van der Waals surface area contributed by atoms with Crippen molar-refractivity contribution in [1.82, 2.24) is 15.0 Å². The van der Waals surface area contributed by atoms with E-state index in [1.54, 1.807) is 23.9 Å². The predicted octanol–water partition coefficient (Wildman–Crippen LogP) is 6.42. The van der Waals surface area contributed by atoms with E-state index in [0.717, 1.165) is 10.5 Å². The molecule has 24 heavy (non-hydrogen) atoms. The predicted molar refractivity (Wildman–Crippen MR) is 105 cm³/mol. The van der Waals surface area contributed by atoms with Gasteiger partial charge in [-0.1, -0.05) is 87.8 Å². The molecule has 0 aliphatic heterocycles. The minimum Gasteiger partial charge on any atom is -0.209 e. The van der Waals surface area contributed by atoms with Crippen LogP contribution in [0.5, 0.6) is 0 Å². The molecule has 0 N–H and O–H groups in total. The van der Waals surface area contributed by atoms with Crippen molar-refractivity contribution in [1.29, 1.82) is 0 Å². The second-order valence-electron chi connectivity index (χ2n) is 4.45. The molecule has 0 saturated heterocycles. The number of rotatable bonds is 3. The summed E-state index contributed by atoms with van der Waals surface area (Å²) in [6.45, 7) is 0. The summed E-state index contributed by atoms with van der Waals surface area (Å²) in [6, 6.07) is 7.89. The molecule has 0 atom stereocenters. The van der Waals surface area contributed by atoms with Gasteiger partial charge in [-0.2, -0.15) is 0 Å². The molecule has 2 rings (SSSR count). The zero-order valence-electron chi connectivity index (χ0n) is 12.0. The largest absolute Gasteiger partial charge is 0.250 e. The summed E-state index contributed by atoms with van der Waals surface area (Å²) in [5.74, 6) is -0.0371. The van der Waals surface area contributed by atoms with E-state index in [9.17, 15) is 0 Å². The van der Waals surface area contributed by atoms with Crippen LogP contribution in [0.3, 0.4) is 0 Å². The quantitative estimate of drug-likeness (QED) is 0.389. The van der Waals surface area contributed by atoms with Gasteiger partial charge in [-0.25, -0.2) is 15.0 Å². The Bertz CT molecular complexity index is 723. The number of hydrogen-bond donors (Lipinski definition) is 0. The van der Waals surface area contributed by atoms with E-state index in [0.29, 0.717) is 0 Å². The standard InChI is InChI=1S/C14H9Cl6N3S/c1-24-9-4-2-3-8(7-9)5-6-10-21-11(13(15,16)17)23-12(22-10)14(18,19)20/h2-7H,1H3. The molecule has 128 valence electrons. The smallest absolute Gasteiger partial charge is 0.209 e. The van der Waals surface area contributed by atoms with E-state index in [4.69, 9.17) is 69.6 Å². The molecular formula is C14H9Cl6N3S. The Hall–Kier alpha value is 0.0600. The van der Waals surface area contributed by atoms with Crippen molar-refractivity contribution in [2.75, 3.05) is 6.26 Å². The number of benzene rings is 1. The van der Waals surface area contributed by atoms with E-state index in [1.165, 1.54) is 0 Å². The van der Waals surface area contributed by atoms with Crippen molar-refractivity contribution in [3.05, 3.63) is 47.3 Å². The Morgan fingerprint density at radius 1 is 0.875 bits per heavy atom. The second kappa shape index (κ2) is 8.17. The Balaban J connectivity index is 2.43. The molecule has 2 aromatic rings. The van der Waals surface area contributed by atoms with Crippen LogP contribution in [0.25, 0.3) is 12.2 Å². The highest BCUT2D eigenvalue weighted by molar-refractivity contribution is 7.98. The van der Waals surface area contributed by atoms with Gasteiger partial charge in [-0.15, -0.1) is 11.8 Å². The molecule has 0 saturated carbocycles. The van der Waals surface area contributed by atoms with Gasteiger partial charge >= 0.3 is 0 Å². The number of halogens is 6. The molecule has 10 heteroatoms. The van der Waals surface area contributed by atoms with Gasteiger partial charge in [0.05, 0.1) is 0 Å². The number of alkyl halides is 6. The lowest BCUT2D eigenvalue weighted by Gasteiger charge is -2.14. The van der Waals surface area contributed by atoms with E-state index in [-0.39, 0.29) is 17.5 Å². The van der Waals surface area contributed by atoms with Gasteiger partial charge in [0.15, 0.2) is 17.5 Å². The fraction of sp³-hybridized carbons (Fsp3) is 0.214. The van der Waals surface area contributed by atoms with Gasteiger partial charge in [-0.3, -0.25) is 0 Å². The first-order valence-electron chi connectivity index (χ1n) is 6.32. The van der Waals surface area contributed by atoms with Crippen LogP contribution in [0.2, 0.25) is 0 Å². The molecule has 3 nitrogen and oxygen atoms in total. The summed E-state index contributed by atoms with van der Waals surface area (Å²) in [5.41, 5.74) is 0.952. The molecule has 0 spiro atoms. The van der Waals surface area contributed by atoms with Crippen molar-refractivity contribution in [3.8, 4) is 0 Å². The molecule has 0 aliphatic rings. The Kier molecular flexibility index (Phi) is 6.94. The molecule has 0 unspecified atom stereocenters. The maximum absolute atomic E-state index is 5.83. The first kappa shape index (κ1) is 20.4. The topological polar surface area (TPSA) is 38.7 Å². The van der Waals surface area contributed by atoms with Gasteiger partial charge in [0, 0.05) is 4.90 Å². The molecule has 1 aromatic heterocycles. The monoisotopic (exact) mass is 461 g/mol. The van der Waals surface area contributed by atoms with E-state index >= 15 is 0 Å². The second-order valence-corrected chi connectivity index (χ2v) is 9.89. The van der Waals surface area contributed by atoms with Crippen LogP contribution in [0.1, 0.15) is 23.0 Å². The summed E-state index contributed by atoms with van der Waals surface area (Å²) >= 11 is 36.6.